The van der Waals surface area contributed by atoms with Gasteiger partial charge in [-0.25, -0.2) is 0 Å². The molecule has 0 saturated heterocycles. The lowest BCUT2D eigenvalue weighted by Gasteiger charge is -2.20. The van der Waals surface area contributed by atoms with Crippen LogP contribution in [0.4, 0.5) is 11.4 Å². The predicted octanol–water partition coefficient (Wildman–Crippen LogP) is 3.12. The Morgan fingerprint density at radius 1 is 1.00 bits per heavy atom. The van der Waals surface area contributed by atoms with Gasteiger partial charge in [-0.15, -0.1) is 0 Å². The van der Waals surface area contributed by atoms with E-state index in [0.29, 0.717) is 21.9 Å². The summed E-state index contributed by atoms with van der Waals surface area (Å²) < 4.78 is 10.5. The van der Waals surface area contributed by atoms with E-state index in [2.05, 4.69) is 5.32 Å². The molecule has 11 heteroatoms. The first kappa shape index (κ1) is 24.1. The molecule has 0 aliphatic carbocycles. The number of imide groups is 1. The van der Waals surface area contributed by atoms with E-state index in [9.17, 15) is 29.3 Å². The zero-order valence-corrected chi connectivity index (χ0v) is 18.9. The molecule has 182 valence electrons. The van der Waals surface area contributed by atoms with Crippen molar-refractivity contribution in [2.24, 2.45) is 0 Å². The maximum absolute atomic E-state index is 13.1. The summed E-state index contributed by atoms with van der Waals surface area (Å²) in [6.45, 7) is -0.834. The molecular formula is C25H19N3O8. The molecule has 0 fully saturated rings. The van der Waals surface area contributed by atoms with Gasteiger partial charge in [0.2, 0.25) is 6.10 Å². The number of nitro benzene ring substituents is 1. The molecule has 0 aromatic heterocycles. The summed E-state index contributed by atoms with van der Waals surface area (Å²) in [6, 6.07) is 18.4. The van der Waals surface area contributed by atoms with Crippen LogP contribution in [-0.4, -0.2) is 47.2 Å². The second-order valence-corrected chi connectivity index (χ2v) is 7.66. The number of rotatable bonds is 8. The van der Waals surface area contributed by atoms with Crippen molar-refractivity contribution in [2.45, 2.75) is 6.10 Å². The lowest BCUT2D eigenvalue weighted by atomic mass is 10.1. The molecule has 0 saturated carbocycles. The summed E-state index contributed by atoms with van der Waals surface area (Å²) in [7, 11) is 1.48. The highest BCUT2D eigenvalue weighted by molar-refractivity contribution is 6.24. The van der Waals surface area contributed by atoms with E-state index in [0.717, 1.165) is 6.07 Å². The number of nitrogens with zero attached hydrogens (tertiary/aromatic N) is 2. The highest BCUT2D eigenvalue weighted by Crippen LogP contribution is 2.31. The molecule has 0 radical (unpaired) electrons. The van der Waals surface area contributed by atoms with Gasteiger partial charge in [0.25, 0.3) is 23.4 Å². The van der Waals surface area contributed by atoms with Gasteiger partial charge in [0, 0.05) is 23.4 Å². The molecule has 3 aromatic carbocycles. The minimum atomic E-state index is -1.41. The zero-order valence-electron chi connectivity index (χ0n) is 18.9. The second kappa shape index (κ2) is 10.1. The van der Waals surface area contributed by atoms with E-state index < -0.39 is 52.5 Å². The topological polar surface area (TPSA) is 145 Å². The van der Waals surface area contributed by atoms with Crippen LogP contribution in [0.1, 0.15) is 32.4 Å². The Balaban J connectivity index is 1.54. The van der Waals surface area contributed by atoms with Crippen molar-refractivity contribution < 1.29 is 33.6 Å². The molecule has 0 bridgehead atoms. The number of anilines is 1. The number of fused-ring (bicyclic) bond motifs is 1. The van der Waals surface area contributed by atoms with Gasteiger partial charge in [-0.1, -0.05) is 42.5 Å². The standard InChI is InChI=1S/C25H19N3O8/c1-35-17-10-5-9-16(13-17)26-23(30)22(15-7-3-2-4-8-15)36-20(29)14-27-24(31)18-11-6-12-19(28(33)34)21(18)25(27)32/h2-13,22H,14H2,1H3,(H,26,30)/t22-/m1/s1. The van der Waals surface area contributed by atoms with Crippen molar-refractivity contribution in [3.05, 3.63) is 99.6 Å². The molecule has 36 heavy (non-hydrogen) atoms. The zero-order chi connectivity index (χ0) is 25.8. The number of ether oxygens (including phenoxy) is 2. The Kier molecular flexibility index (Phi) is 6.72. The summed E-state index contributed by atoms with van der Waals surface area (Å²) in [5.41, 5.74) is -0.372. The summed E-state index contributed by atoms with van der Waals surface area (Å²) in [6.07, 6.45) is -1.41. The van der Waals surface area contributed by atoms with Gasteiger partial charge in [0.05, 0.1) is 17.6 Å². The summed E-state index contributed by atoms with van der Waals surface area (Å²) >= 11 is 0. The van der Waals surface area contributed by atoms with Gasteiger partial charge in [0.1, 0.15) is 17.9 Å². The van der Waals surface area contributed by atoms with Gasteiger partial charge in [-0.3, -0.25) is 34.2 Å². The average Bonchev–Trinajstić information content (AvgIpc) is 3.12. The number of nitrogens with one attached hydrogen (secondary N) is 1. The highest BCUT2D eigenvalue weighted by atomic mass is 16.6. The molecule has 1 aliphatic rings. The first-order valence-corrected chi connectivity index (χ1v) is 10.6. The number of carbonyl (C=O) groups excluding carboxylic acids is 4. The summed E-state index contributed by atoms with van der Waals surface area (Å²) in [5.74, 6) is -3.09. The molecule has 1 heterocycles. The van der Waals surface area contributed by atoms with E-state index in [1.807, 2.05) is 0 Å². The van der Waals surface area contributed by atoms with Gasteiger partial charge >= 0.3 is 5.97 Å². The molecule has 0 unspecified atom stereocenters. The van der Waals surface area contributed by atoms with Crippen LogP contribution in [0.2, 0.25) is 0 Å². The van der Waals surface area contributed by atoms with Crippen LogP contribution in [0.25, 0.3) is 0 Å². The van der Waals surface area contributed by atoms with E-state index in [1.54, 1.807) is 54.6 Å². The van der Waals surface area contributed by atoms with E-state index in [1.165, 1.54) is 19.2 Å². The van der Waals surface area contributed by atoms with Crippen molar-refractivity contribution in [2.75, 3.05) is 19.0 Å². The van der Waals surface area contributed by atoms with Crippen LogP contribution in [-0.2, 0) is 14.3 Å². The molecule has 4 rings (SSSR count). The fraction of sp³-hybridized carbons (Fsp3) is 0.120. The number of carbonyl (C=O) groups is 4. The van der Waals surface area contributed by atoms with Crippen molar-refractivity contribution >= 4 is 35.1 Å². The molecule has 11 nitrogen and oxygen atoms in total. The number of amides is 3. The van der Waals surface area contributed by atoms with Crippen LogP contribution in [0.15, 0.2) is 72.8 Å². The third-order valence-electron chi connectivity index (χ3n) is 5.39. The molecular weight excluding hydrogens is 470 g/mol. The lowest BCUT2D eigenvalue weighted by Crippen LogP contribution is -2.37. The maximum Gasteiger partial charge on any atom is 0.327 e. The SMILES string of the molecule is COc1cccc(NC(=O)[C@H](OC(=O)CN2C(=O)c3cccc([N+](=O)[O-])c3C2=O)c2ccccc2)c1. The average molecular weight is 489 g/mol. The fourth-order valence-corrected chi connectivity index (χ4v) is 3.72. The molecule has 3 amide bonds. The van der Waals surface area contributed by atoms with Gasteiger partial charge in [-0.2, -0.15) is 0 Å². The van der Waals surface area contributed by atoms with Gasteiger partial charge in [-0.05, 0) is 18.2 Å². The normalized spacial score (nSPS) is 13.1. The van der Waals surface area contributed by atoms with Crippen LogP contribution in [0.5, 0.6) is 5.75 Å². The number of benzene rings is 3. The molecule has 1 N–H and O–H groups in total. The summed E-state index contributed by atoms with van der Waals surface area (Å²) in [4.78, 5) is 62.4. The second-order valence-electron chi connectivity index (χ2n) is 7.66. The number of esters is 1. The Morgan fingerprint density at radius 3 is 2.42 bits per heavy atom. The Morgan fingerprint density at radius 2 is 1.72 bits per heavy atom. The minimum Gasteiger partial charge on any atom is -0.497 e. The van der Waals surface area contributed by atoms with Crippen LogP contribution in [0.3, 0.4) is 0 Å². The quantitative estimate of drug-likeness (QED) is 0.220. The molecule has 1 aliphatic heterocycles. The van der Waals surface area contributed by atoms with Gasteiger partial charge < -0.3 is 14.8 Å². The number of nitro groups is 1. The van der Waals surface area contributed by atoms with E-state index in [4.69, 9.17) is 9.47 Å². The highest BCUT2D eigenvalue weighted by Gasteiger charge is 2.42. The van der Waals surface area contributed by atoms with Crippen LogP contribution in [0, 0.1) is 10.1 Å². The van der Waals surface area contributed by atoms with E-state index in [-0.39, 0.29) is 5.56 Å². The first-order valence-electron chi connectivity index (χ1n) is 10.6. The maximum atomic E-state index is 13.1. The Hall–Kier alpha value is -5.06. The number of methoxy groups -OCH3 is 1. The third kappa shape index (κ3) is 4.75. The lowest BCUT2D eigenvalue weighted by molar-refractivity contribution is -0.385. The van der Waals surface area contributed by atoms with Crippen molar-refractivity contribution in [1.82, 2.24) is 4.90 Å². The fourth-order valence-electron chi connectivity index (χ4n) is 3.72. The predicted molar refractivity (Wildman–Crippen MR) is 125 cm³/mol. The monoisotopic (exact) mass is 489 g/mol. The van der Waals surface area contributed by atoms with Gasteiger partial charge in [0.15, 0.2) is 0 Å². The minimum absolute atomic E-state index is 0.183. The number of hydrogen-bond donors (Lipinski definition) is 1. The van der Waals surface area contributed by atoms with Crippen molar-refractivity contribution in [3.8, 4) is 5.75 Å². The number of hydrogen-bond acceptors (Lipinski definition) is 8. The molecule has 1 atom stereocenters. The van der Waals surface area contributed by atoms with E-state index >= 15 is 0 Å². The molecule has 0 spiro atoms. The van der Waals surface area contributed by atoms with Crippen LogP contribution < -0.4 is 10.1 Å². The first-order chi connectivity index (χ1) is 17.3. The van der Waals surface area contributed by atoms with Crippen molar-refractivity contribution in [1.29, 1.82) is 0 Å². The largest absolute Gasteiger partial charge is 0.497 e. The summed E-state index contributed by atoms with van der Waals surface area (Å²) in [5, 5.41) is 13.9. The third-order valence-corrected chi connectivity index (χ3v) is 5.39. The molecule has 3 aromatic rings. The smallest absolute Gasteiger partial charge is 0.327 e. The Labute approximate surface area is 204 Å². The van der Waals surface area contributed by atoms with Crippen LogP contribution >= 0.6 is 0 Å². The Bertz CT molecular complexity index is 1370. The van der Waals surface area contributed by atoms with Crippen molar-refractivity contribution in [3.63, 3.8) is 0 Å².